The van der Waals surface area contributed by atoms with Gasteiger partial charge in [0.25, 0.3) is 0 Å². The summed E-state index contributed by atoms with van der Waals surface area (Å²) in [7, 11) is 0. The molecule has 0 bridgehead atoms. The predicted octanol–water partition coefficient (Wildman–Crippen LogP) is 1.80. The molecule has 5 nitrogen and oxygen atoms in total. The zero-order chi connectivity index (χ0) is 13.2. The van der Waals surface area contributed by atoms with Crippen LogP contribution in [0.5, 0.6) is 0 Å². The molecule has 0 unspecified atom stereocenters. The highest BCUT2D eigenvalue weighted by atomic mass is 16.6. The van der Waals surface area contributed by atoms with Crippen molar-refractivity contribution < 1.29 is 19.0 Å². The molecule has 2 aliphatic heterocycles. The molecule has 2 aliphatic rings. The van der Waals surface area contributed by atoms with E-state index in [9.17, 15) is 4.79 Å². The number of amides is 1. The first-order chi connectivity index (χ1) is 8.44. The van der Waals surface area contributed by atoms with Gasteiger partial charge in [0, 0.05) is 6.54 Å². The molecule has 0 aliphatic carbocycles. The van der Waals surface area contributed by atoms with E-state index in [0.29, 0.717) is 13.2 Å². The van der Waals surface area contributed by atoms with Crippen molar-refractivity contribution in [1.29, 1.82) is 0 Å². The third kappa shape index (κ3) is 4.46. The molecule has 0 aromatic heterocycles. The lowest BCUT2D eigenvalue weighted by Crippen LogP contribution is -2.45. The molecule has 1 amide bonds. The molecule has 0 aromatic carbocycles. The Morgan fingerprint density at radius 1 is 1.44 bits per heavy atom. The lowest BCUT2D eigenvalue weighted by atomic mass is 10.1. The van der Waals surface area contributed by atoms with Crippen molar-refractivity contribution in [3.8, 4) is 0 Å². The molecule has 0 aromatic rings. The minimum atomic E-state index is -0.438. The van der Waals surface area contributed by atoms with Gasteiger partial charge in [-0.2, -0.15) is 0 Å². The summed E-state index contributed by atoms with van der Waals surface area (Å²) in [4.78, 5) is 13.7. The molecular weight excluding hydrogens is 234 g/mol. The summed E-state index contributed by atoms with van der Waals surface area (Å²) in [5, 5.41) is 0. The summed E-state index contributed by atoms with van der Waals surface area (Å²) >= 11 is 0. The molecule has 2 heterocycles. The molecule has 2 atom stereocenters. The Hall–Kier alpha value is -0.810. The quantitative estimate of drug-likeness (QED) is 0.723. The smallest absolute Gasteiger partial charge is 0.410 e. The zero-order valence-corrected chi connectivity index (χ0v) is 11.5. The second-order valence-corrected chi connectivity index (χ2v) is 5.98. The Kier molecular flexibility index (Phi) is 4.12. The van der Waals surface area contributed by atoms with Crippen molar-refractivity contribution in [2.24, 2.45) is 0 Å². The molecule has 0 saturated carbocycles. The van der Waals surface area contributed by atoms with Gasteiger partial charge in [-0.1, -0.05) is 0 Å². The van der Waals surface area contributed by atoms with E-state index in [2.05, 4.69) is 0 Å². The fraction of sp³-hybridized carbons (Fsp3) is 0.923. The van der Waals surface area contributed by atoms with Crippen molar-refractivity contribution in [2.75, 3.05) is 26.3 Å². The Morgan fingerprint density at radius 3 is 2.78 bits per heavy atom. The van der Waals surface area contributed by atoms with Gasteiger partial charge in [-0.25, -0.2) is 4.79 Å². The summed E-state index contributed by atoms with van der Waals surface area (Å²) in [5.41, 5.74) is -0.438. The Bertz CT molecular complexity index is 296. The van der Waals surface area contributed by atoms with Gasteiger partial charge in [0.15, 0.2) is 0 Å². The highest BCUT2D eigenvalue weighted by Crippen LogP contribution is 2.18. The molecule has 5 heteroatoms. The maximum Gasteiger partial charge on any atom is 0.410 e. The van der Waals surface area contributed by atoms with Crippen LogP contribution in [0.2, 0.25) is 0 Å². The second kappa shape index (κ2) is 5.45. The fourth-order valence-corrected chi connectivity index (χ4v) is 1.97. The van der Waals surface area contributed by atoms with Crippen molar-refractivity contribution in [3.05, 3.63) is 0 Å². The van der Waals surface area contributed by atoms with E-state index < -0.39 is 5.60 Å². The molecule has 2 rings (SSSR count). The third-order valence-electron chi connectivity index (χ3n) is 2.95. The largest absolute Gasteiger partial charge is 0.444 e. The summed E-state index contributed by atoms with van der Waals surface area (Å²) in [5.74, 6) is 0. The topological polar surface area (TPSA) is 51.3 Å². The van der Waals surface area contributed by atoms with Gasteiger partial charge >= 0.3 is 6.09 Å². The van der Waals surface area contributed by atoms with E-state index in [1.807, 2.05) is 20.8 Å². The number of epoxide rings is 1. The molecule has 104 valence electrons. The average Bonchev–Trinajstić information content (AvgIpc) is 3.08. The summed E-state index contributed by atoms with van der Waals surface area (Å²) < 4.78 is 16.2. The van der Waals surface area contributed by atoms with Gasteiger partial charge in [0.2, 0.25) is 0 Å². The highest BCUT2D eigenvalue weighted by molar-refractivity contribution is 5.68. The van der Waals surface area contributed by atoms with Crippen LogP contribution < -0.4 is 0 Å². The first kappa shape index (κ1) is 13.6. The van der Waals surface area contributed by atoms with Gasteiger partial charge in [0.05, 0.1) is 25.9 Å². The van der Waals surface area contributed by atoms with Crippen molar-refractivity contribution in [2.45, 2.75) is 51.4 Å². The average molecular weight is 257 g/mol. The fourth-order valence-electron chi connectivity index (χ4n) is 1.97. The number of hydrogen-bond acceptors (Lipinski definition) is 4. The van der Waals surface area contributed by atoms with Crippen molar-refractivity contribution in [1.82, 2.24) is 4.90 Å². The summed E-state index contributed by atoms with van der Waals surface area (Å²) in [6, 6.07) is 0. The number of nitrogens with zero attached hydrogens (tertiary/aromatic N) is 1. The predicted molar refractivity (Wildman–Crippen MR) is 66.5 cm³/mol. The van der Waals surface area contributed by atoms with E-state index in [1.54, 1.807) is 4.90 Å². The van der Waals surface area contributed by atoms with Gasteiger partial charge in [0.1, 0.15) is 11.7 Å². The van der Waals surface area contributed by atoms with E-state index >= 15 is 0 Å². The van der Waals surface area contributed by atoms with Gasteiger partial charge in [-0.05, 0) is 33.6 Å². The van der Waals surface area contributed by atoms with E-state index in [1.165, 1.54) is 0 Å². The van der Waals surface area contributed by atoms with E-state index in [0.717, 1.165) is 26.0 Å². The van der Waals surface area contributed by atoms with Crippen LogP contribution >= 0.6 is 0 Å². The number of carbonyl (C=O) groups is 1. The van der Waals surface area contributed by atoms with Gasteiger partial charge in [-0.3, -0.25) is 0 Å². The van der Waals surface area contributed by atoms with E-state index in [4.69, 9.17) is 14.2 Å². The molecule has 18 heavy (non-hydrogen) atoms. The second-order valence-electron chi connectivity index (χ2n) is 5.98. The highest BCUT2D eigenvalue weighted by Gasteiger charge is 2.30. The lowest BCUT2D eigenvalue weighted by molar-refractivity contribution is -0.0234. The van der Waals surface area contributed by atoms with Gasteiger partial charge in [-0.15, -0.1) is 0 Å². The minimum Gasteiger partial charge on any atom is -0.444 e. The SMILES string of the molecule is CC(C)(C)OC(=O)N1CCC[C@@H](OC[C@@H]2CO2)C1. The van der Waals surface area contributed by atoms with Crippen molar-refractivity contribution >= 4 is 6.09 Å². The zero-order valence-electron chi connectivity index (χ0n) is 11.5. The third-order valence-corrected chi connectivity index (χ3v) is 2.95. The monoisotopic (exact) mass is 257 g/mol. The summed E-state index contributed by atoms with van der Waals surface area (Å²) in [6.07, 6.45) is 2.14. The van der Waals surface area contributed by atoms with Crippen LogP contribution in [-0.2, 0) is 14.2 Å². The van der Waals surface area contributed by atoms with Crippen LogP contribution in [0, 0.1) is 0 Å². The van der Waals surface area contributed by atoms with Crippen LogP contribution in [0.1, 0.15) is 33.6 Å². The molecule has 2 fully saturated rings. The number of carbonyl (C=O) groups excluding carboxylic acids is 1. The number of piperidine rings is 1. The number of hydrogen-bond donors (Lipinski definition) is 0. The normalized spacial score (nSPS) is 28.1. The van der Waals surface area contributed by atoms with Crippen LogP contribution in [0.3, 0.4) is 0 Å². The summed E-state index contributed by atoms with van der Waals surface area (Å²) in [6.45, 7) is 8.49. The minimum absolute atomic E-state index is 0.121. The Labute approximate surface area is 108 Å². The molecule has 0 radical (unpaired) electrons. The molecule has 2 saturated heterocycles. The molecular formula is C13H23NO4. The Morgan fingerprint density at radius 2 is 2.17 bits per heavy atom. The molecule has 0 spiro atoms. The van der Waals surface area contributed by atoms with Crippen molar-refractivity contribution in [3.63, 3.8) is 0 Å². The maximum absolute atomic E-state index is 11.9. The first-order valence-electron chi connectivity index (χ1n) is 6.65. The van der Waals surface area contributed by atoms with E-state index in [-0.39, 0.29) is 18.3 Å². The number of rotatable bonds is 3. The number of ether oxygens (including phenoxy) is 3. The number of likely N-dealkylation sites (tertiary alicyclic amines) is 1. The maximum atomic E-state index is 11.9. The molecule has 0 N–H and O–H groups in total. The standard InChI is InChI=1S/C13H23NO4/c1-13(2,3)18-12(15)14-6-4-5-10(7-14)16-8-11-9-17-11/h10-11H,4-9H2,1-3H3/t10-,11-/m1/s1. The first-order valence-corrected chi connectivity index (χ1v) is 6.65. The Balaban J connectivity index is 1.76. The van der Waals surface area contributed by atoms with Gasteiger partial charge < -0.3 is 19.1 Å². The van der Waals surface area contributed by atoms with Crippen LogP contribution in [0.25, 0.3) is 0 Å². The van der Waals surface area contributed by atoms with Crippen LogP contribution in [0.15, 0.2) is 0 Å². The van der Waals surface area contributed by atoms with Crippen LogP contribution in [0.4, 0.5) is 4.79 Å². The lowest BCUT2D eigenvalue weighted by Gasteiger charge is -2.33. The van der Waals surface area contributed by atoms with Crippen LogP contribution in [-0.4, -0.2) is 55.1 Å².